The van der Waals surface area contributed by atoms with Crippen LogP contribution in [0.3, 0.4) is 0 Å². The number of aliphatic imine (C=N–C) groups is 1. The van der Waals surface area contributed by atoms with Gasteiger partial charge < -0.3 is 4.74 Å². The van der Waals surface area contributed by atoms with Crippen LogP contribution in [0.1, 0.15) is 24.8 Å². The number of nitrogens with zero attached hydrogens (tertiary/aromatic N) is 1. The van der Waals surface area contributed by atoms with Crippen LogP contribution < -0.4 is 4.74 Å². The molecule has 3 nitrogen and oxygen atoms in total. The van der Waals surface area contributed by atoms with Gasteiger partial charge in [0.25, 0.3) is 0 Å². The third-order valence-electron chi connectivity index (χ3n) is 3.17. The normalized spacial score (nSPS) is 16.9. The Labute approximate surface area is 107 Å². The fourth-order valence-electron chi connectivity index (χ4n) is 2.09. The number of carbonyl (C=O) groups excluding carboxylic acids is 1. The fourth-order valence-corrected chi connectivity index (χ4v) is 2.85. The molecule has 0 saturated heterocycles. The van der Waals surface area contributed by atoms with Crippen molar-refractivity contribution in [2.45, 2.75) is 24.8 Å². The SMILES string of the molecule is COc1cc(F)cc(C2(N=C=O)CCC2)c1Br. The molecule has 0 aliphatic heterocycles. The smallest absolute Gasteiger partial charge is 0.235 e. The summed E-state index contributed by atoms with van der Waals surface area (Å²) in [6.45, 7) is 0. The predicted octanol–water partition coefficient (Wildman–Crippen LogP) is 3.31. The van der Waals surface area contributed by atoms with Crippen molar-refractivity contribution < 1.29 is 13.9 Å². The van der Waals surface area contributed by atoms with Crippen molar-refractivity contribution in [2.24, 2.45) is 4.99 Å². The van der Waals surface area contributed by atoms with Crippen LogP contribution in [0.4, 0.5) is 4.39 Å². The summed E-state index contributed by atoms with van der Waals surface area (Å²) in [6, 6.07) is 2.69. The number of benzene rings is 1. The van der Waals surface area contributed by atoms with Gasteiger partial charge in [-0.3, -0.25) is 0 Å². The Hall–Kier alpha value is -1.19. The lowest BCUT2D eigenvalue weighted by molar-refractivity contribution is 0.252. The van der Waals surface area contributed by atoms with Gasteiger partial charge in [-0.2, -0.15) is 4.99 Å². The molecule has 1 saturated carbocycles. The minimum absolute atomic E-state index is 0.396. The minimum Gasteiger partial charge on any atom is -0.495 e. The zero-order chi connectivity index (χ0) is 12.5. The molecule has 0 aromatic heterocycles. The summed E-state index contributed by atoms with van der Waals surface area (Å²) in [5, 5.41) is 0. The molecule has 0 amide bonds. The molecule has 0 N–H and O–H groups in total. The summed E-state index contributed by atoms with van der Waals surface area (Å²) in [5.41, 5.74) is 0.0274. The highest BCUT2D eigenvalue weighted by Crippen LogP contribution is 2.49. The van der Waals surface area contributed by atoms with E-state index in [1.807, 2.05) is 0 Å². The Balaban J connectivity index is 2.58. The van der Waals surface area contributed by atoms with Crippen LogP contribution in [0.15, 0.2) is 21.6 Å². The summed E-state index contributed by atoms with van der Waals surface area (Å²) >= 11 is 3.37. The van der Waals surface area contributed by atoms with Crippen LogP contribution in [0.5, 0.6) is 5.75 Å². The zero-order valence-corrected chi connectivity index (χ0v) is 10.9. The van der Waals surface area contributed by atoms with Crippen molar-refractivity contribution in [3.05, 3.63) is 28.0 Å². The summed E-state index contributed by atoms with van der Waals surface area (Å²) in [7, 11) is 1.47. The summed E-state index contributed by atoms with van der Waals surface area (Å²) < 4.78 is 19.2. The molecule has 0 atom stereocenters. The first-order valence-corrected chi connectivity index (χ1v) is 6.05. The number of hydrogen-bond donors (Lipinski definition) is 0. The molecule has 2 rings (SSSR count). The van der Waals surface area contributed by atoms with Crippen LogP contribution in [0, 0.1) is 5.82 Å². The van der Waals surface area contributed by atoms with Gasteiger partial charge in [-0.05, 0) is 41.3 Å². The quantitative estimate of drug-likeness (QED) is 0.634. The molecule has 0 radical (unpaired) electrons. The number of ether oxygens (including phenoxy) is 1. The van der Waals surface area contributed by atoms with E-state index >= 15 is 0 Å². The van der Waals surface area contributed by atoms with Gasteiger partial charge in [-0.1, -0.05) is 0 Å². The Morgan fingerprint density at radius 2 is 2.24 bits per heavy atom. The molecule has 0 unspecified atom stereocenters. The van der Waals surface area contributed by atoms with Gasteiger partial charge in [-0.25, -0.2) is 9.18 Å². The van der Waals surface area contributed by atoms with E-state index in [-0.39, 0.29) is 0 Å². The van der Waals surface area contributed by atoms with Gasteiger partial charge in [0, 0.05) is 11.6 Å². The van der Waals surface area contributed by atoms with Gasteiger partial charge in [0.1, 0.15) is 11.6 Å². The van der Waals surface area contributed by atoms with E-state index in [1.54, 1.807) is 6.08 Å². The average Bonchev–Trinajstić information content (AvgIpc) is 2.26. The molecule has 5 heteroatoms. The van der Waals surface area contributed by atoms with Gasteiger partial charge in [0.05, 0.1) is 17.1 Å². The fraction of sp³-hybridized carbons (Fsp3) is 0.417. The Morgan fingerprint density at radius 3 is 2.71 bits per heavy atom. The third kappa shape index (κ3) is 2.01. The van der Waals surface area contributed by atoms with Crippen LogP contribution in [0.2, 0.25) is 0 Å². The maximum atomic E-state index is 13.5. The van der Waals surface area contributed by atoms with E-state index in [1.165, 1.54) is 19.2 Å². The van der Waals surface area contributed by atoms with Gasteiger partial charge in [0.2, 0.25) is 6.08 Å². The highest BCUT2D eigenvalue weighted by molar-refractivity contribution is 9.10. The maximum absolute atomic E-state index is 13.5. The second-order valence-corrected chi connectivity index (χ2v) is 4.85. The van der Waals surface area contributed by atoms with Crippen molar-refractivity contribution in [3.8, 4) is 5.75 Å². The van der Waals surface area contributed by atoms with Gasteiger partial charge in [-0.15, -0.1) is 0 Å². The topological polar surface area (TPSA) is 38.7 Å². The van der Waals surface area contributed by atoms with Gasteiger partial charge >= 0.3 is 0 Å². The molecule has 0 bridgehead atoms. The molecule has 90 valence electrons. The highest BCUT2D eigenvalue weighted by atomic mass is 79.9. The first-order valence-electron chi connectivity index (χ1n) is 5.25. The second-order valence-electron chi connectivity index (χ2n) is 4.06. The predicted molar refractivity (Wildman–Crippen MR) is 64.3 cm³/mol. The molecule has 1 fully saturated rings. The highest BCUT2D eigenvalue weighted by Gasteiger charge is 2.41. The standard InChI is InChI=1S/C12H11BrFNO2/c1-17-10-6-8(14)5-9(11(10)13)12(15-7-16)3-2-4-12/h5-6H,2-4H2,1H3. The van der Waals surface area contributed by atoms with Crippen molar-refractivity contribution in [1.82, 2.24) is 0 Å². The van der Waals surface area contributed by atoms with Gasteiger partial charge in [0.15, 0.2) is 0 Å². The molecule has 1 aromatic rings. The third-order valence-corrected chi connectivity index (χ3v) is 3.98. The number of hydrogen-bond acceptors (Lipinski definition) is 3. The maximum Gasteiger partial charge on any atom is 0.235 e. The zero-order valence-electron chi connectivity index (χ0n) is 9.30. The van der Waals surface area contributed by atoms with Crippen LogP contribution in [-0.4, -0.2) is 13.2 Å². The Morgan fingerprint density at radius 1 is 1.53 bits per heavy atom. The minimum atomic E-state index is -0.629. The first kappa shape index (κ1) is 12.3. The molecule has 1 aromatic carbocycles. The molecule has 17 heavy (non-hydrogen) atoms. The second kappa shape index (κ2) is 4.59. The van der Waals surface area contributed by atoms with Crippen LogP contribution >= 0.6 is 15.9 Å². The summed E-state index contributed by atoms with van der Waals surface area (Å²) in [5.74, 6) is 0.0137. The first-order chi connectivity index (χ1) is 8.13. The van der Waals surface area contributed by atoms with E-state index in [2.05, 4.69) is 20.9 Å². The monoisotopic (exact) mass is 299 g/mol. The molecule has 0 heterocycles. The average molecular weight is 300 g/mol. The molecular formula is C12H11BrFNO2. The van der Waals surface area contributed by atoms with E-state index < -0.39 is 11.4 Å². The lowest BCUT2D eigenvalue weighted by Gasteiger charge is -2.38. The van der Waals surface area contributed by atoms with Crippen molar-refractivity contribution in [1.29, 1.82) is 0 Å². The molecule has 1 aliphatic rings. The number of rotatable bonds is 3. The number of halogens is 2. The summed E-state index contributed by atoms with van der Waals surface area (Å²) in [4.78, 5) is 14.4. The Bertz CT molecular complexity index is 494. The van der Waals surface area contributed by atoms with E-state index in [4.69, 9.17) is 4.74 Å². The molecular weight excluding hydrogens is 289 g/mol. The summed E-state index contributed by atoms with van der Waals surface area (Å²) in [6.07, 6.45) is 4.01. The lowest BCUT2D eigenvalue weighted by atomic mass is 9.72. The molecule has 1 aliphatic carbocycles. The van der Waals surface area contributed by atoms with E-state index in [0.717, 1.165) is 19.3 Å². The van der Waals surface area contributed by atoms with Crippen molar-refractivity contribution >= 4 is 22.0 Å². The molecule has 0 spiro atoms. The van der Waals surface area contributed by atoms with Crippen LogP contribution in [0.25, 0.3) is 0 Å². The number of isocyanates is 1. The largest absolute Gasteiger partial charge is 0.495 e. The number of methoxy groups -OCH3 is 1. The van der Waals surface area contributed by atoms with E-state index in [9.17, 15) is 9.18 Å². The Kier molecular flexibility index (Phi) is 3.31. The van der Waals surface area contributed by atoms with Crippen molar-refractivity contribution in [3.63, 3.8) is 0 Å². The van der Waals surface area contributed by atoms with E-state index in [0.29, 0.717) is 15.8 Å². The lowest BCUT2D eigenvalue weighted by Crippen LogP contribution is -2.32. The van der Waals surface area contributed by atoms with Crippen molar-refractivity contribution in [2.75, 3.05) is 7.11 Å². The van der Waals surface area contributed by atoms with Crippen LogP contribution in [-0.2, 0) is 10.3 Å².